The summed E-state index contributed by atoms with van der Waals surface area (Å²) in [7, 11) is 0. The molecule has 9 rings (SSSR count). The van der Waals surface area contributed by atoms with E-state index in [0.29, 0.717) is 0 Å². The minimum absolute atomic E-state index is 0.128. The van der Waals surface area contributed by atoms with Crippen molar-refractivity contribution in [1.82, 2.24) is 9.58 Å². The normalized spacial score (nSPS) is 22.9. The zero-order valence-electron chi connectivity index (χ0n) is 21.1. The summed E-state index contributed by atoms with van der Waals surface area (Å²) in [5, 5.41) is 6.75. The molecule has 0 radical (unpaired) electrons. The zero-order valence-corrected chi connectivity index (χ0v) is 21.1. The molecular weight excluding hydrogens is 482 g/mol. The summed E-state index contributed by atoms with van der Waals surface area (Å²) in [6.45, 7) is 0.723. The first kappa shape index (κ1) is 22.2. The largest absolute Gasteiger partial charge is 0.342 e. The summed E-state index contributed by atoms with van der Waals surface area (Å²) in [6, 6.07) is 35.0. The Morgan fingerprint density at radius 3 is 1.74 bits per heavy atom. The minimum atomic E-state index is -0.427. The number of fused-ring (bicyclic) bond motifs is 1. The van der Waals surface area contributed by atoms with E-state index in [1.165, 1.54) is 27.8 Å². The number of amides is 2. The maximum Gasteiger partial charge on any atom is 0.254 e. The first-order chi connectivity index (χ1) is 19.2. The van der Waals surface area contributed by atoms with Gasteiger partial charge in [0.15, 0.2) is 0 Å². The van der Waals surface area contributed by atoms with Crippen molar-refractivity contribution in [3.63, 3.8) is 0 Å². The molecule has 3 aliphatic carbocycles. The molecule has 2 heterocycles. The second kappa shape index (κ2) is 8.37. The van der Waals surface area contributed by atoms with E-state index in [4.69, 9.17) is 0 Å². The second-order valence-electron chi connectivity index (χ2n) is 10.7. The molecule has 0 saturated carbocycles. The van der Waals surface area contributed by atoms with E-state index >= 15 is 0 Å². The number of carbonyl (C=O) groups excluding carboxylic acids is 2. The Kier molecular flexibility index (Phi) is 4.77. The molecule has 4 aliphatic rings. The van der Waals surface area contributed by atoms with Crippen LogP contribution in [0.1, 0.15) is 45.2 Å². The number of hydrogen-bond acceptors (Lipinski definition) is 3. The number of hydrogen-bond donors (Lipinski definition) is 0. The van der Waals surface area contributed by atoms with Gasteiger partial charge < -0.3 is 4.57 Å². The SMILES string of the molecule is O=C1[C@@H]2C3c4ccccc4C(c4ccccc43)[C@H]2C(=O)N1/N=C\c1cn(Cc2ccccc2)c2ccccc12. The van der Waals surface area contributed by atoms with Crippen LogP contribution in [0.5, 0.6) is 0 Å². The van der Waals surface area contributed by atoms with Gasteiger partial charge in [-0.1, -0.05) is 97.1 Å². The van der Waals surface area contributed by atoms with Gasteiger partial charge in [0.1, 0.15) is 0 Å². The molecule has 5 nitrogen and oxygen atoms in total. The van der Waals surface area contributed by atoms with E-state index in [0.717, 1.165) is 28.0 Å². The Morgan fingerprint density at radius 2 is 1.15 bits per heavy atom. The maximum atomic E-state index is 13.9. The van der Waals surface area contributed by atoms with Crippen LogP contribution in [-0.4, -0.2) is 27.6 Å². The molecule has 5 aromatic rings. The van der Waals surface area contributed by atoms with E-state index in [1.807, 2.05) is 54.6 Å². The molecule has 0 N–H and O–H groups in total. The molecule has 2 bridgehead atoms. The maximum absolute atomic E-state index is 13.9. The monoisotopic (exact) mass is 507 g/mol. The molecule has 1 fully saturated rings. The first-order valence-electron chi connectivity index (χ1n) is 13.4. The van der Waals surface area contributed by atoms with Crippen LogP contribution < -0.4 is 0 Å². The molecule has 188 valence electrons. The van der Waals surface area contributed by atoms with Gasteiger partial charge >= 0.3 is 0 Å². The molecule has 0 unspecified atom stereocenters. The lowest BCUT2D eigenvalue weighted by Gasteiger charge is -2.45. The fourth-order valence-corrected chi connectivity index (χ4v) is 7.18. The van der Waals surface area contributed by atoms with E-state index in [-0.39, 0.29) is 23.7 Å². The number of imide groups is 1. The average Bonchev–Trinajstić information content (AvgIpc) is 3.46. The van der Waals surface area contributed by atoms with Crippen LogP contribution in [0.2, 0.25) is 0 Å². The van der Waals surface area contributed by atoms with E-state index in [2.05, 4.69) is 64.4 Å². The van der Waals surface area contributed by atoms with Gasteiger partial charge in [-0.05, 0) is 33.9 Å². The standard InChI is InChI=1S/C34H25N3O2/c38-33-31-29-24-13-4-5-14-25(24)30(27-16-7-6-15-26(27)29)32(31)34(39)37(33)35-18-22-20-36(19-21-10-2-1-3-11-21)28-17-9-8-12-23(22)28/h1-18,20,29-32H,19H2/b35-18-/t29?,30?,31-,32-/m1/s1. The molecule has 1 aromatic heterocycles. The van der Waals surface area contributed by atoms with Crippen LogP contribution >= 0.6 is 0 Å². The lowest BCUT2D eigenvalue weighted by Crippen LogP contribution is -2.41. The predicted molar refractivity (Wildman–Crippen MR) is 150 cm³/mol. The van der Waals surface area contributed by atoms with Crippen LogP contribution in [0.15, 0.2) is 114 Å². The van der Waals surface area contributed by atoms with Crippen LogP contribution in [0.25, 0.3) is 10.9 Å². The molecule has 1 saturated heterocycles. The number of rotatable bonds is 4. The van der Waals surface area contributed by atoms with Gasteiger partial charge in [0.05, 0.1) is 18.1 Å². The number of carbonyl (C=O) groups is 2. The third-order valence-corrected chi connectivity index (χ3v) is 8.75. The van der Waals surface area contributed by atoms with Crippen molar-refractivity contribution in [2.75, 3.05) is 0 Å². The summed E-state index contributed by atoms with van der Waals surface area (Å²) in [5.41, 5.74) is 7.82. The van der Waals surface area contributed by atoms with Gasteiger partial charge in [0.2, 0.25) is 0 Å². The molecule has 2 atom stereocenters. The quantitative estimate of drug-likeness (QED) is 0.224. The summed E-state index contributed by atoms with van der Waals surface area (Å²) in [5.74, 6) is -1.51. The Bertz CT molecular complexity index is 1700. The predicted octanol–water partition coefficient (Wildman–Crippen LogP) is 5.92. The van der Waals surface area contributed by atoms with Crippen molar-refractivity contribution >= 4 is 28.9 Å². The number of nitrogens with zero attached hydrogens (tertiary/aromatic N) is 3. The Balaban J connectivity index is 1.18. The van der Waals surface area contributed by atoms with Crippen LogP contribution in [-0.2, 0) is 16.1 Å². The van der Waals surface area contributed by atoms with Gasteiger partial charge in [-0.25, -0.2) is 0 Å². The van der Waals surface area contributed by atoms with Crippen molar-refractivity contribution in [2.24, 2.45) is 16.9 Å². The van der Waals surface area contributed by atoms with Crippen LogP contribution in [0.4, 0.5) is 0 Å². The van der Waals surface area contributed by atoms with Crippen LogP contribution in [0, 0.1) is 11.8 Å². The first-order valence-corrected chi connectivity index (χ1v) is 13.4. The lowest BCUT2D eigenvalue weighted by molar-refractivity contribution is -0.139. The second-order valence-corrected chi connectivity index (χ2v) is 10.7. The Labute approximate surface area is 226 Å². The van der Waals surface area contributed by atoms with Crippen molar-refractivity contribution in [2.45, 2.75) is 18.4 Å². The summed E-state index contributed by atoms with van der Waals surface area (Å²) >= 11 is 0. The molecule has 4 aromatic carbocycles. The summed E-state index contributed by atoms with van der Waals surface area (Å²) in [4.78, 5) is 27.8. The van der Waals surface area contributed by atoms with Gasteiger partial charge in [-0.3, -0.25) is 9.59 Å². The molecule has 39 heavy (non-hydrogen) atoms. The van der Waals surface area contributed by atoms with Gasteiger partial charge in [-0.2, -0.15) is 10.1 Å². The lowest BCUT2D eigenvalue weighted by atomic mass is 9.55. The molecular formula is C34H25N3O2. The average molecular weight is 508 g/mol. The summed E-state index contributed by atoms with van der Waals surface area (Å²) in [6.07, 6.45) is 3.73. The Hall–Kier alpha value is -4.77. The highest BCUT2D eigenvalue weighted by Crippen LogP contribution is 2.60. The highest BCUT2D eigenvalue weighted by molar-refractivity contribution is 6.09. The third kappa shape index (κ3) is 3.16. The number of hydrazone groups is 1. The fourth-order valence-electron chi connectivity index (χ4n) is 7.18. The van der Waals surface area contributed by atoms with Crippen molar-refractivity contribution < 1.29 is 9.59 Å². The Morgan fingerprint density at radius 1 is 0.641 bits per heavy atom. The minimum Gasteiger partial charge on any atom is -0.342 e. The number of aromatic nitrogens is 1. The van der Waals surface area contributed by atoms with Gasteiger partial charge in [0, 0.05) is 41.0 Å². The molecule has 2 amide bonds. The van der Waals surface area contributed by atoms with Crippen molar-refractivity contribution in [3.8, 4) is 0 Å². The number of para-hydroxylation sites is 1. The zero-order chi connectivity index (χ0) is 26.1. The summed E-state index contributed by atoms with van der Waals surface area (Å²) < 4.78 is 2.19. The van der Waals surface area contributed by atoms with Gasteiger partial charge in [0.25, 0.3) is 11.8 Å². The highest BCUT2D eigenvalue weighted by Gasteiger charge is 2.61. The molecule has 5 heteroatoms. The highest BCUT2D eigenvalue weighted by atomic mass is 16.2. The van der Waals surface area contributed by atoms with Crippen molar-refractivity contribution in [3.05, 3.63) is 143 Å². The van der Waals surface area contributed by atoms with Gasteiger partial charge in [-0.15, -0.1) is 0 Å². The third-order valence-electron chi connectivity index (χ3n) is 8.75. The van der Waals surface area contributed by atoms with Crippen LogP contribution in [0.3, 0.4) is 0 Å². The molecule has 0 spiro atoms. The number of benzene rings is 4. The molecule has 1 aliphatic heterocycles. The van der Waals surface area contributed by atoms with Crippen molar-refractivity contribution in [1.29, 1.82) is 0 Å². The van der Waals surface area contributed by atoms with E-state index in [1.54, 1.807) is 6.21 Å². The topological polar surface area (TPSA) is 54.7 Å². The fraction of sp³-hybridized carbons (Fsp3) is 0.147. The smallest absolute Gasteiger partial charge is 0.254 e. The van der Waals surface area contributed by atoms with E-state index < -0.39 is 11.8 Å². The van der Waals surface area contributed by atoms with E-state index in [9.17, 15) is 9.59 Å².